The molecule has 0 N–H and O–H groups in total. The molecule has 0 fully saturated rings. The third-order valence-corrected chi connectivity index (χ3v) is 6.55. The molecule has 1 nitrogen and oxygen atoms in total. The van der Waals surface area contributed by atoms with Crippen LogP contribution < -0.4 is 0 Å². The van der Waals surface area contributed by atoms with Crippen LogP contribution in [0.5, 0.6) is 0 Å². The second-order valence-electron chi connectivity index (χ2n) is 8.77. The van der Waals surface area contributed by atoms with E-state index in [1.54, 1.807) is 0 Å². The van der Waals surface area contributed by atoms with E-state index < -0.39 is 0 Å². The highest BCUT2D eigenvalue weighted by molar-refractivity contribution is 5.89. The number of fused-ring (bicyclic) bond motifs is 3. The van der Waals surface area contributed by atoms with Gasteiger partial charge in [0.1, 0.15) is 0 Å². The zero-order chi connectivity index (χ0) is 22.2. The van der Waals surface area contributed by atoms with Gasteiger partial charge in [-0.05, 0) is 70.5 Å². The van der Waals surface area contributed by atoms with E-state index >= 15 is 0 Å². The van der Waals surface area contributed by atoms with Crippen LogP contribution in [0, 0.1) is 6.92 Å². The Morgan fingerprint density at radius 1 is 0.606 bits per heavy atom. The molecule has 0 radical (unpaired) electrons. The number of nitrogens with zero attached hydrogens (tertiary/aromatic N) is 1. The molecule has 0 atom stereocenters. The van der Waals surface area contributed by atoms with Crippen LogP contribution in [0.25, 0.3) is 38.7 Å². The minimum atomic E-state index is 0.907. The van der Waals surface area contributed by atoms with E-state index in [9.17, 15) is 0 Å². The summed E-state index contributed by atoms with van der Waals surface area (Å²) in [4.78, 5) is 0. The van der Waals surface area contributed by atoms with Gasteiger partial charge >= 0.3 is 0 Å². The summed E-state index contributed by atoms with van der Waals surface area (Å²) in [5, 5.41) is 1.28. The molecule has 2 aromatic heterocycles. The van der Waals surface area contributed by atoms with Crippen molar-refractivity contribution in [3.8, 4) is 22.3 Å². The first kappa shape index (κ1) is 19.6. The molecular formula is C32H25N. The van der Waals surface area contributed by atoms with E-state index in [0.717, 1.165) is 6.42 Å². The Bertz CT molecular complexity index is 1590. The van der Waals surface area contributed by atoms with Crippen molar-refractivity contribution in [2.24, 2.45) is 0 Å². The van der Waals surface area contributed by atoms with Crippen LogP contribution in [0.1, 0.15) is 16.7 Å². The summed E-state index contributed by atoms with van der Waals surface area (Å²) >= 11 is 0. The maximum atomic E-state index is 2.34. The molecule has 158 valence electrons. The molecule has 6 aromatic rings. The Kier molecular flexibility index (Phi) is 4.81. The monoisotopic (exact) mass is 423 g/mol. The Hall–Kier alpha value is -4.10. The van der Waals surface area contributed by atoms with Gasteiger partial charge in [0.15, 0.2) is 0 Å². The predicted molar refractivity (Wildman–Crippen MR) is 140 cm³/mol. The molecule has 0 aliphatic heterocycles. The van der Waals surface area contributed by atoms with Crippen molar-refractivity contribution in [2.45, 2.75) is 13.3 Å². The van der Waals surface area contributed by atoms with Crippen LogP contribution in [-0.4, -0.2) is 4.40 Å². The molecule has 0 spiro atoms. The van der Waals surface area contributed by atoms with E-state index in [1.165, 1.54) is 55.4 Å². The Balaban J connectivity index is 1.42. The number of benzene rings is 4. The average molecular weight is 424 g/mol. The van der Waals surface area contributed by atoms with Crippen molar-refractivity contribution in [3.63, 3.8) is 0 Å². The van der Waals surface area contributed by atoms with Gasteiger partial charge in [-0.25, -0.2) is 0 Å². The zero-order valence-corrected chi connectivity index (χ0v) is 18.7. The second kappa shape index (κ2) is 8.11. The smallest absolute Gasteiger partial charge is 0.0528 e. The van der Waals surface area contributed by atoms with E-state index in [-0.39, 0.29) is 0 Å². The summed E-state index contributed by atoms with van der Waals surface area (Å²) in [6.45, 7) is 2.22. The summed E-state index contributed by atoms with van der Waals surface area (Å²) in [6.07, 6.45) is 3.18. The van der Waals surface area contributed by atoms with Gasteiger partial charge in [-0.15, -0.1) is 0 Å². The van der Waals surface area contributed by atoms with Crippen LogP contribution in [0.15, 0.2) is 121 Å². The first-order valence-corrected chi connectivity index (χ1v) is 11.5. The Labute approximate surface area is 194 Å². The zero-order valence-electron chi connectivity index (χ0n) is 18.7. The van der Waals surface area contributed by atoms with Crippen molar-refractivity contribution in [3.05, 3.63) is 138 Å². The standard InChI is InChI=1S/C32H25N/c1-23-22-33-29(20-28-14-6-8-17-32(28)33)21-31(23)30-16-7-5-13-27(30)19-24-10-9-15-26(18-24)25-11-3-2-4-12-25/h2-18,20-22H,19H2,1H3. The highest BCUT2D eigenvalue weighted by atomic mass is 14.9. The summed E-state index contributed by atoms with van der Waals surface area (Å²) < 4.78 is 2.31. The van der Waals surface area contributed by atoms with E-state index in [0.29, 0.717) is 0 Å². The lowest BCUT2D eigenvalue weighted by Gasteiger charge is -2.14. The largest absolute Gasteiger partial charge is 0.316 e. The summed E-state index contributed by atoms with van der Waals surface area (Å²) in [5.74, 6) is 0. The van der Waals surface area contributed by atoms with E-state index in [2.05, 4.69) is 133 Å². The molecule has 4 aromatic carbocycles. The van der Waals surface area contributed by atoms with E-state index in [4.69, 9.17) is 0 Å². The number of aromatic nitrogens is 1. The molecule has 33 heavy (non-hydrogen) atoms. The fraction of sp³-hybridized carbons (Fsp3) is 0.0625. The lowest BCUT2D eigenvalue weighted by Crippen LogP contribution is -1.96. The number of aryl methyl sites for hydroxylation is 1. The van der Waals surface area contributed by atoms with Crippen molar-refractivity contribution in [2.75, 3.05) is 0 Å². The quantitative estimate of drug-likeness (QED) is 0.268. The first-order valence-electron chi connectivity index (χ1n) is 11.5. The van der Waals surface area contributed by atoms with Gasteiger partial charge in [-0.1, -0.05) is 97.1 Å². The van der Waals surface area contributed by atoms with Gasteiger partial charge in [-0.3, -0.25) is 0 Å². The summed E-state index contributed by atoms with van der Waals surface area (Å²) in [6, 6.07) is 41.6. The van der Waals surface area contributed by atoms with Gasteiger partial charge in [-0.2, -0.15) is 0 Å². The topological polar surface area (TPSA) is 4.41 Å². The fourth-order valence-corrected chi connectivity index (χ4v) is 4.92. The molecule has 0 bridgehead atoms. The predicted octanol–water partition coefficient (Wildman–Crippen LogP) is 8.33. The van der Waals surface area contributed by atoms with Crippen LogP contribution >= 0.6 is 0 Å². The maximum Gasteiger partial charge on any atom is 0.0528 e. The van der Waals surface area contributed by atoms with Crippen molar-refractivity contribution in [1.29, 1.82) is 0 Å². The number of para-hydroxylation sites is 1. The molecule has 2 heterocycles. The van der Waals surface area contributed by atoms with Gasteiger partial charge in [0, 0.05) is 17.1 Å². The summed E-state index contributed by atoms with van der Waals surface area (Å²) in [5.41, 5.74) is 11.6. The molecule has 0 unspecified atom stereocenters. The van der Waals surface area contributed by atoms with Crippen molar-refractivity contribution < 1.29 is 0 Å². The molecular weight excluding hydrogens is 398 g/mol. The number of pyridine rings is 1. The Morgan fingerprint density at radius 2 is 1.36 bits per heavy atom. The fourth-order valence-electron chi connectivity index (χ4n) is 4.92. The van der Waals surface area contributed by atoms with Crippen molar-refractivity contribution in [1.82, 2.24) is 4.40 Å². The lowest BCUT2D eigenvalue weighted by molar-refractivity contribution is 1.18. The Morgan fingerprint density at radius 3 is 2.27 bits per heavy atom. The molecule has 0 aliphatic carbocycles. The van der Waals surface area contributed by atoms with Crippen LogP contribution in [0.3, 0.4) is 0 Å². The minimum Gasteiger partial charge on any atom is -0.316 e. The molecule has 0 saturated carbocycles. The first-order chi connectivity index (χ1) is 16.3. The normalized spacial score (nSPS) is 11.3. The van der Waals surface area contributed by atoms with Crippen LogP contribution in [0.4, 0.5) is 0 Å². The van der Waals surface area contributed by atoms with Crippen molar-refractivity contribution >= 4 is 16.4 Å². The summed E-state index contributed by atoms with van der Waals surface area (Å²) in [7, 11) is 0. The number of hydrogen-bond acceptors (Lipinski definition) is 0. The van der Waals surface area contributed by atoms with Gasteiger partial charge in [0.25, 0.3) is 0 Å². The molecule has 0 aliphatic rings. The highest BCUT2D eigenvalue weighted by Gasteiger charge is 2.12. The van der Waals surface area contributed by atoms with Gasteiger partial charge in [0.05, 0.1) is 5.52 Å². The van der Waals surface area contributed by atoms with E-state index in [1.807, 2.05) is 0 Å². The van der Waals surface area contributed by atoms with Gasteiger partial charge in [0.2, 0.25) is 0 Å². The van der Waals surface area contributed by atoms with Crippen LogP contribution in [-0.2, 0) is 6.42 Å². The SMILES string of the molecule is Cc1cn2c(cc1-c1ccccc1Cc1cccc(-c3ccccc3)c1)cc1ccccc12. The third-order valence-electron chi connectivity index (χ3n) is 6.55. The third kappa shape index (κ3) is 3.62. The maximum absolute atomic E-state index is 2.34. The number of hydrogen-bond donors (Lipinski definition) is 0. The minimum absolute atomic E-state index is 0.907. The average Bonchev–Trinajstić information content (AvgIpc) is 3.22. The highest BCUT2D eigenvalue weighted by Crippen LogP contribution is 2.32. The molecule has 1 heteroatoms. The molecule has 0 amide bonds. The lowest BCUT2D eigenvalue weighted by atomic mass is 9.92. The second-order valence-corrected chi connectivity index (χ2v) is 8.77. The number of rotatable bonds is 4. The van der Waals surface area contributed by atoms with Gasteiger partial charge < -0.3 is 4.40 Å². The van der Waals surface area contributed by atoms with Crippen LogP contribution in [0.2, 0.25) is 0 Å². The molecule has 6 rings (SSSR count). The molecule has 0 saturated heterocycles.